The minimum Gasteiger partial charge on any atom is -0.455 e. The highest BCUT2D eigenvalue weighted by molar-refractivity contribution is 6.35. The number of carbonyl (C=O) groups excluding carboxylic acids is 2. The standard InChI is InChI=1S/C17H14Cl2FNO3/c18-13-5-4-12(15(19)8-13)9-21-16(22)10-24-17(23)7-11-2-1-3-14(20)6-11/h1-6,8H,7,9-10H2,(H,21,22). The van der Waals surface area contributed by atoms with E-state index in [0.717, 1.165) is 0 Å². The van der Waals surface area contributed by atoms with Crippen molar-refractivity contribution in [2.24, 2.45) is 0 Å². The third-order valence-electron chi connectivity index (χ3n) is 3.09. The molecule has 0 spiro atoms. The lowest BCUT2D eigenvalue weighted by Crippen LogP contribution is -2.28. The largest absolute Gasteiger partial charge is 0.455 e. The van der Waals surface area contributed by atoms with Crippen molar-refractivity contribution in [3.63, 3.8) is 0 Å². The maximum Gasteiger partial charge on any atom is 0.310 e. The highest BCUT2D eigenvalue weighted by atomic mass is 35.5. The first-order valence-electron chi connectivity index (χ1n) is 7.05. The average molecular weight is 370 g/mol. The van der Waals surface area contributed by atoms with Crippen molar-refractivity contribution in [3.05, 3.63) is 69.5 Å². The van der Waals surface area contributed by atoms with Gasteiger partial charge in [-0.15, -0.1) is 0 Å². The van der Waals surface area contributed by atoms with Crippen molar-refractivity contribution < 1.29 is 18.7 Å². The quantitative estimate of drug-likeness (QED) is 0.792. The van der Waals surface area contributed by atoms with E-state index in [1.165, 1.54) is 18.2 Å². The van der Waals surface area contributed by atoms with Crippen LogP contribution in [0.15, 0.2) is 42.5 Å². The molecule has 0 aromatic heterocycles. The van der Waals surface area contributed by atoms with Gasteiger partial charge in [0.2, 0.25) is 0 Å². The molecule has 0 fully saturated rings. The molecule has 0 saturated carbocycles. The minimum absolute atomic E-state index is 0.103. The van der Waals surface area contributed by atoms with Gasteiger partial charge in [-0.1, -0.05) is 41.4 Å². The fraction of sp³-hybridized carbons (Fsp3) is 0.176. The first kappa shape index (κ1) is 18.2. The van der Waals surface area contributed by atoms with Crippen molar-refractivity contribution in [1.82, 2.24) is 5.32 Å². The smallest absolute Gasteiger partial charge is 0.310 e. The van der Waals surface area contributed by atoms with Gasteiger partial charge in [-0.05, 0) is 35.4 Å². The molecule has 126 valence electrons. The molecule has 24 heavy (non-hydrogen) atoms. The van der Waals surface area contributed by atoms with Gasteiger partial charge < -0.3 is 10.1 Å². The van der Waals surface area contributed by atoms with E-state index in [0.29, 0.717) is 21.2 Å². The Morgan fingerprint density at radius 1 is 1.12 bits per heavy atom. The summed E-state index contributed by atoms with van der Waals surface area (Å²) < 4.78 is 17.9. The van der Waals surface area contributed by atoms with Crippen LogP contribution in [0.2, 0.25) is 10.0 Å². The van der Waals surface area contributed by atoms with E-state index < -0.39 is 24.3 Å². The first-order chi connectivity index (χ1) is 11.4. The maximum absolute atomic E-state index is 13.0. The van der Waals surface area contributed by atoms with E-state index in [1.807, 2.05) is 0 Å². The molecule has 0 saturated heterocycles. The molecule has 0 unspecified atom stereocenters. The molecule has 2 aromatic rings. The Labute approximate surface area is 148 Å². The van der Waals surface area contributed by atoms with Crippen LogP contribution in [0.25, 0.3) is 0 Å². The number of hydrogen-bond acceptors (Lipinski definition) is 3. The van der Waals surface area contributed by atoms with Crippen LogP contribution >= 0.6 is 23.2 Å². The van der Waals surface area contributed by atoms with E-state index in [9.17, 15) is 14.0 Å². The SMILES string of the molecule is O=C(COC(=O)Cc1cccc(F)c1)NCc1ccc(Cl)cc1Cl. The van der Waals surface area contributed by atoms with Crippen molar-refractivity contribution in [2.45, 2.75) is 13.0 Å². The molecule has 0 aliphatic rings. The molecular formula is C17H14Cl2FNO3. The summed E-state index contributed by atoms with van der Waals surface area (Å²) in [5.74, 6) is -1.51. The van der Waals surface area contributed by atoms with Crippen molar-refractivity contribution in [3.8, 4) is 0 Å². The van der Waals surface area contributed by atoms with Crippen LogP contribution in [0, 0.1) is 5.82 Å². The maximum atomic E-state index is 13.0. The number of benzene rings is 2. The van der Waals surface area contributed by atoms with Crippen molar-refractivity contribution in [2.75, 3.05) is 6.61 Å². The fourth-order valence-corrected chi connectivity index (χ4v) is 2.40. The van der Waals surface area contributed by atoms with Gasteiger partial charge in [0, 0.05) is 16.6 Å². The van der Waals surface area contributed by atoms with Crippen LogP contribution in [-0.2, 0) is 27.3 Å². The lowest BCUT2D eigenvalue weighted by Gasteiger charge is -2.08. The van der Waals surface area contributed by atoms with Crippen LogP contribution in [-0.4, -0.2) is 18.5 Å². The summed E-state index contributed by atoms with van der Waals surface area (Å²) in [6, 6.07) is 10.6. The van der Waals surface area contributed by atoms with E-state index in [4.69, 9.17) is 27.9 Å². The zero-order chi connectivity index (χ0) is 17.5. The summed E-state index contributed by atoms with van der Waals surface area (Å²) in [5, 5.41) is 3.52. The molecule has 2 aromatic carbocycles. The number of rotatable bonds is 6. The normalized spacial score (nSPS) is 10.3. The van der Waals surface area contributed by atoms with Gasteiger partial charge in [-0.25, -0.2) is 4.39 Å². The second kappa shape index (κ2) is 8.66. The van der Waals surface area contributed by atoms with Crippen molar-refractivity contribution in [1.29, 1.82) is 0 Å². The van der Waals surface area contributed by atoms with Crippen LogP contribution in [0.4, 0.5) is 4.39 Å². The zero-order valence-electron chi connectivity index (χ0n) is 12.5. The number of esters is 1. The highest BCUT2D eigenvalue weighted by Crippen LogP contribution is 2.20. The fourth-order valence-electron chi connectivity index (χ4n) is 1.92. The van der Waals surface area contributed by atoms with E-state index in [1.54, 1.807) is 24.3 Å². The molecular weight excluding hydrogens is 356 g/mol. The Morgan fingerprint density at radius 3 is 2.62 bits per heavy atom. The topological polar surface area (TPSA) is 55.4 Å². The Balaban J connectivity index is 1.75. The Kier molecular flexibility index (Phi) is 6.58. The summed E-state index contributed by atoms with van der Waals surface area (Å²) in [6.07, 6.45) is -0.103. The molecule has 7 heteroatoms. The van der Waals surface area contributed by atoms with E-state index in [2.05, 4.69) is 5.32 Å². The molecule has 4 nitrogen and oxygen atoms in total. The predicted octanol–water partition coefficient (Wildman–Crippen LogP) is 3.53. The molecule has 0 heterocycles. The lowest BCUT2D eigenvalue weighted by atomic mass is 10.1. The van der Waals surface area contributed by atoms with E-state index >= 15 is 0 Å². The molecule has 0 aliphatic carbocycles. The summed E-state index contributed by atoms with van der Waals surface area (Å²) in [7, 11) is 0. The third kappa shape index (κ3) is 5.83. The zero-order valence-corrected chi connectivity index (χ0v) is 14.0. The number of ether oxygens (including phenoxy) is 1. The summed E-state index contributed by atoms with van der Waals surface area (Å²) in [5.41, 5.74) is 1.17. The Bertz CT molecular complexity index is 752. The molecule has 1 amide bonds. The van der Waals surface area contributed by atoms with Crippen molar-refractivity contribution >= 4 is 35.1 Å². The second-order valence-electron chi connectivity index (χ2n) is 4.98. The molecule has 2 rings (SSSR count). The predicted molar refractivity (Wildman–Crippen MR) is 89.4 cm³/mol. The Hall–Kier alpha value is -2.11. The molecule has 0 radical (unpaired) electrons. The van der Waals surface area contributed by atoms with Crippen LogP contribution in [0.5, 0.6) is 0 Å². The van der Waals surface area contributed by atoms with Gasteiger partial charge in [-0.2, -0.15) is 0 Å². The van der Waals surface area contributed by atoms with Gasteiger partial charge in [-0.3, -0.25) is 9.59 Å². The summed E-state index contributed by atoms with van der Waals surface area (Å²) in [4.78, 5) is 23.3. The average Bonchev–Trinajstić information content (AvgIpc) is 2.52. The number of carbonyl (C=O) groups is 2. The van der Waals surface area contributed by atoms with Crippen LogP contribution in [0.1, 0.15) is 11.1 Å². The highest BCUT2D eigenvalue weighted by Gasteiger charge is 2.10. The van der Waals surface area contributed by atoms with Gasteiger partial charge in [0.25, 0.3) is 5.91 Å². The summed E-state index contributed by atoms with van der Waals surface area (Å²) >= 11 is 11.8. The lowest BCUT2D eigenvalue weighted by molar-refractivity contribution is -0.147. The number of hydrogen-bond donors (Lipinski definition) is 1. The summed E-state index contributed by atoms with van der Waals surface area (Å²) in [6.45, 7) is -0.227. The number of amides is 1. The van der Waals surface area contributed by atoms with Gasteiger partial charge in [0.1, 0.15) is 5.82 Å². The van der Waals surface area contributed by atoms with Gasteiger partial charge >= 0.3 is 5.97 Å². The van der Waals surface area contributed by atoms with E-state index in [-0.39, 0.29) is 13.0 Å². The van der Waals surface area contributed by atoms with Gasteiger partial charge in [0.05, 0.1) is 6.42 Å². The monoisotopic (exact) mass is 369 g/mol. The second-order valence-corrected chi connectivity index (χ2v) is 5.82. The third-order valence-corrected chi connectivity index (χ3v) is 3.68. The molecule has 0 aliphatic heterocycles. The molecule has 0 atom stereocenters. The van der Waals surface area contributed by atoms with Crippen LogP contribution < -0.4 is 5.32 Å². The molecule has 1 N–H and O–H groups in total. The first-order valence-corrected chi connectivity index (χ1v) is 7.80. The Morgan fingerprint density at radius 2 is 1.92 bits per heavy atom. The number of halogens is 3. The minimum atomic E-state index is -0.611. The number of nitrogens with one attached hydrogen (secondary N) is 1. The van der Waals surface area contributed by atoms with Gasteiger partial charge in [0.15, 0.2) is 6.61 Å². The molecule has 0 bridgehead atoms. The van der Waals surface area contributed by atoms with Crippen LogP contribution in [0.3, 0.4) is 0 Å².